The van der Waals surface area contributed by atoms with Crippen LogP contribution in [0.1, 0.15) is 17.2 Å². The van der Waals surface area contributed by atoms with Crippen LogP contribution in [0.4, 0.5) is 0 Å². The molecular weight excluding hydrogens is 334 g/mol. The molecule has 0 bridgehead atoms. The minimum absolute atomic E-state index is 0.0689. The molecule has 1 amide bonds. The molecule has 25 heavy (non-hydrogen) atoms. The standard InChI is InChI=1S/C18H17N5OS/c1-11-7-9-13(10-8-11)16-19-18(23-21-16)25-15-14(20-22-17(15)24)12-5-3-2-4-6-12/h2-10,14-15,20H,1H3,(H,22,24)(H,19,21,23). The quantitative estimate of drug-likeness (QED) is 0.673. The average molecular weight is 351 g/mol. The summed E-state index contributed by atoms with van der Waals surface area (Å²) in [6.07, 6.45) is 0. The van der Waals surface area contributed by atoms with E-state index in [1.54, 1.807) is 0 Å². The predicted octanol–water partition coefficient (Wildman–Crippen LogP) is 2.62. The van der Waals surface area contributed by atoms with Gasteiger partial charge < -0.3 is 0 Å². The number of thioether (sulfide) groups is 1. The number of aromatic amines is 1. The lowest BCUT2D eigenvalue weighted by Crippen LogP contribution is -2.27. The summed E-state index contributed by atoms with van der Waals surface area (Å²) in [5.41, 5.74) is 8.97. The van der Waals surface area contributed by atoms with Crippen molar-refractivity contribution in [2.75, 3.05) is 0 Å². The zero-order chi connectivity index (χ0) is 17.2. The van der Waals surface area contributed by atoms with Gasteiger partial charge in [0.25, 0.3) is 0 Å². The van der Waals surface area contributed by atoms with E-state index in [4.69, 9.17) is 0 Å². The largest absolute Gasteiger partial charge is 0.290 e. The number of hydrogen-bond acceptors (Lipinski definition) is 5. The molecule has 6 nitrogen and oxygen atoms in total. The second-order valence-electron chi connectivity index (χ2n) is 5.89. The van der Waals surface area contributed by atoms with Gasteiger partial charge in [-0.15, -0.1) is 5.10 Å². The lowest BCUT2D eigenvalue weighted by Gasteiger charge is -2.14. The number of aryl methyl sites for hydroxylation is 1. The molecule has 7 heteroatoms. The number of carbonyl (C=O) groups excluding carboxylic acids is 1. The van der Waals surface area contributed by atoms with Gasteiger partial charge >= 0.3 is 0 Å². The average Bonchev–Trinajstić information content (AvgIpc) is 3.24. The predicted molar refractivity (Wildman–Crippen MR) is 96.7 cm³/mol. The van der Waals surface area contributed by atoms with E-state index in [1.165, 1.54) is 17.3 Å². The Morgan fingerprint density at radius 3 is 2.56 bits per heavy atom. The summed E-state index contributed by atoms with van der Waals surface area (Å²) < 4.78 is 0. The fourth-order valence-corrected chi connectivity index (χ4v) is 3.74. The molecule has 0 radical (unpaired) electrons. The summed E-state index contributed by atoms with van der Waals surface area (Å²) in [5.74, 6) is 0.630. The molecule has 3 aromatic rings. The molecule has 0 spiro atoms. The van der Waals surface area contributed by atoms with Crippen LogP contribution in [0.25, 0.3) is 11.4 Å². The van der Waals surface area contributed by atoms with Crippen LogP contribution in [-0.2, 0) is 4.79 Å². The second-order valence-corrected chi connectivity index (χ2v) is 7.00. The molecule has 126 valence electrons. The Morgan fingerprint density at radius 1 is 1.04 bits per heavy atom. The van der Waals surface area contributed by atoms with Gasteiger partial charge in [-0.05, 0) is 12.5 Å². The summed E-state index contributed by atoms with van der Waals surface area (Å²) in [4.78, 5) is 16.7. The van der Waals surface area contributed by atoms with Crippen LogP contribution in [0, 0.1) is 6.92 Å². The van der Waals surface area contributed by atoms with Gasteiger partial charge in [0, 0.05) is 5.56 Å². The van der Waals surface area contributed by atoms with E-state index in [2.05, 4.69) is 26.0 Å². The number of amides is 1. The Morgan fingerprint density at radius 2 is 1.80 bits per heavy atom. The first-order chi connectivity index (χ1) is 12.2. The fourth-order valence-electron chi connectivity index (χ4n) is 2.74. The highest BCUT2D eigenvalue weighted by Gasteiger charge is 2.37. The molecule has 1 aliphatic rings. The van der Waals surface area contributed by atoms with E-state index in [0.29, 0.717) is 11.0 Å². The number of benzene rings is 2. The lowest BCUT2D eigenvalue weighted by molar-refractivity contribution is -0.119. The van der Waals surface area contributed by atoms with Gasteiger partial charge in [-0.3, -0.25) is 15.3 Å². The summed E-state index contributed by atoms with van der Waals surface area (Å²) in [7, 11) is 0. The van der Waals surface area contributed by atoms with Gasteiger partial charge in [0.1, 0.15) is 5.25 Å². The minimum Gasteiger partial charge on any atom is -0.290 e. The monoisotopic (exact) mass is 351 g/mol. The van der Waals surface area contributed by atoms with Crippen LogP contribution >= 0.6 is 11.8 Å². The number of aromatic nitrogens is 3. The van der Waals surface area contributed by atoms with E-state index < -0.39 is 0 Å². The molecule has 0 aliphatic carbocycles. The third-order valence-corrected chi connectivity index (χ3v) is 5.23. The number of nitrogens with one attached hydrogen (secondary N) is 3. The highest BCUT2D eigenvalue weighted by molar-refractivity contribution is 8.00. The second kappa shape index (κ2) is 6.70. The third kappa shape index (κ3) is 3.29. The summed E-state index contributed by atoms with van der Waals surface area (Å²) >= 11 is 1.35. The molecular formula is C18H17N5OS. The third-order valence-electron chi connectivity index (χ3n) is 4.09. The van der Waals surface area contributed by atoms with Crippen molar-refractivity contribution in [2.24, 2.45) is 0 Å². The van der Waals surface area contributed by atoms with Crippen molar-refractivity contribution in [2.45, 2.75) is 23.4 Å². The first-order valence-electron chi connectivity index (χ1n) is 7.97. The Labute approximate surface area is 149 Å². The molecule has 4 rings (SSSR count). The van der Waals surface area contributed by atoms with Crippen LogP contribution in [0.2, 0.25) is 0 Å². The van der Waals surface area contributed by atoms with Crippen LogP contribution in [0.3, 0.4) is 0 Å². The van der Waals surface area contributed by atoms with E-state index in [9.17, 15) is 4.79 Å². The summed E-state index contributed by atoms with van der Waals surface area (Å²) in [6, 6.07) is 17.8. The van der Waals surface area contributed by atoms with Crippen LogP contribution in [-0.4, -0.2) is 26.3 Å². The molecule has 3 N–H and O–H groups in total. The first kappa shape index (κ1) is 15.9. The normalized spacial score (nSPS) is 19.8. The SMILES string of the molecule is Cc1ccc(-c2nc(SC3C(=O)NNC3c3ccccc3)n[nH]2)cc1. The van der Waals surface area contributed by atoms with E-state index >= 15 is 0 Å². The van der Waals surface area contributed by atoms with Crippen molar-refractivity contribution in [1.82, 2.24) is 26.0 Å². The van der Waals surface area contributed by atoms with Crippen molar-refractivity contribution in [3.63, 3.8) is 0 Å². The molecule has 2 atom stereocenters. The van der Waals surface area contributed by atoms with Gasteiger partial charge in [-0.2, -0.15) is 0 Å². The Balaban J connectivity index is 1.55. The van der Waals surface area contributed by atoms with E-state index in [1.807, 2.05) is 61.5 Å². The molecule has 1 saturated heterocycles. The zero-order valence-electron chi connectivity index (χ0n) is 13.6. The number of carbonyl (C=O) groups is 1. The van der Waals surface area contributed by atoms with Gasteiger partial charge in [0.15, 0.2) is 5.82 Å². The van der Waals surface area contributed by atoms with Crippen molar-refractivity contribution in [3.8, 4) is 11.4 Å². The minimum atomic E-state index is -0.330. The summed E-state index contributed by atoms with van der Waals surface area (Å²) in [5, 5.41) is 7.44. The van der Waals surface area contributed by atoms with Gasteiger partial charge in [-0.1, -0.05) is 71.9 Å². The van der Waals surface area contributed by atoms with Gasteiger partial charge in [0.2, 0.25) is 11.1 Å². The van der Waals surface area contributed by atoms with E-state index in [0.717, 1.165) is 11.1 Å². The first-order valence-corrected chi connectivity index (χ1v) is 8.85. The molecule has 1 aliphatic heterocycles. The zero-order valence-corrected chi connectivity index (χ0v) is 14.4. The summed E-state index contributed by atoms with van der Waals surface area (Å²) in [6.45, 7) is 2.04. The highest BCUT2D eigenvalue weighted by Crippen LogP contribution is 2.33. The van der Waals surface area contributed by atoms with Gasteiger partial charge in [-0.25, -0.2) is 10.4 Å². The molecule has 1 aromatic heterocycles. The Hall–Kier alpha value is -2.64. The lowest BCUT2D eigenvalue weighted by atomic mass is 10.1. The van der Waals surface area contributed by atoms with Crippen molar-refractivity contribution >= 4 is 17.7 Å². The van der Waals surface area contributed by atoms with Crippen LogP contribution in [0.5, 0.6) is 0 Å². The van der Waals surface area contributed by atoms with Crippen molar-refractivity contribution in [3.05, 3.63) is 65.7 Å². The smallest absolute Gasteiger partial charge is 0.249 e. The number of nitrogens with zero attached hydrogens (tertiary/aromatic N) is 2. The maximum absolute atomic E-state index is 12.2. The Kier molecular flexibility index (Phi) is 4.25. The Bertz CT molecular complexity index is 878. The molecule has 1 fully saturated rings. The topological polar surface area (TPSA) is 82.7 Å². The van der Waals surface area contributed by atoms with Crippen molar-refractivity contribution < 1.29 is 4.79 Å². The molecule has 2 unspecified atom stereocenters. The van der Waals surface area contributed by atoms with Crippen molar-refractivity contribution in [1.29, 1.82) is 0 Å². The number of hydrazine groups is 1. The number of H-pyrrole nitrogens is 1. The molecule has 2 aromatic carbocycles. The fraction of sp³-hybridized carbons (Fsp3) is 0.167. The van der Waals surface area contributed by atoms with Crippen LogP contribution < -0.4 is 10.9 Å². The number of rotatable bonds is 4. The van der Waals surface area contributed by atoms with Crippen LogP contribution in [0.15, 0.2) is 59.8 Å². The maximum Gasteiger partial charge on any atom is 0.249 e. The molecule has 0 saturated carbocycles. The van der Waals surface area contributed by atoms with Gasteiger partial charge in [0.05, 0.1) is 6.04 Å². The maximum atomic E-state index is 12.2. The van der Waals surface area contributed by atoms with E-state index in [-0.39, 0.29) is 17.2 Å². The molecule has 2 heterocycles. The highest BCUT2D eigenvalue weighted by atomic mass is 32.2. The number of hydrogen-bond donors (Lipinski definition) is 3.